The van der Waals surface area contributed by atoms with Crippen LogP contribution in [0.3, 0.4) is 0 Å². The highest BCUT2D eigenvalue weighted by Gasteiger charge is 2.34. The molecule has 24 heavy (non-hydrogen) atoms. The molecule has 7 nitrogen and oxygen atoms in total. The van der Waals surface area contributed by atoms with E-state index in [4.69, 9.17) is 9.84 Å². The third-order valence-electron chi connectivity index (χ3n) is 3.73. The lowest BCUT2D eigenvalue weighted by molar-refractivity contribution is -0.136. The predicted molar refractivity (Wildman–Crippen MR) is 87.6 cm³/mol. The fraction of sp³-hybridized carbons (Fsp3) is 0.647. The minimum atomic E-state index is -0.857. The molecule has 2 heterocycles. The Labute approximate surface area is 142 Å². The molecule has 7 heteroatoms. The Morgan fingerprint density at radius 1 is 1.38 bits per heavy atom. The lowest BCUT2D eigenvalue weighted by Crippen LogP contribution is -2.36. The van der Waals surface area contributed by atoms with Gasteiger partial charge in [-0.2, -0.15) is 0 Å². The van der Waals surface area contributed by atoms with Crippen molar-refractivity contribution in [3.63, 3.8) is 0 Å². The molecule has 0 spiro atoms. The molecular formula is C17H25N3O4. The van der Waals surface area contributed by atoms with Crippen molar-refractivity contribution in [2.45, 2.75) is 65.0 Å². The number of rotatable bonds is 4. The van der Waals surface area contributed by atoms with Gasteiger partial charge < -0.3 is 9.84 Å². The van der Waals surface area contributed by atoms with E-state index in [-0.39, 0.29) is 18.6 Å². The number of likely N-dealkylation sites (tertiary alicyclic amines) is 1. The largest absolute Gasteiger partial charge is 0.481 e. The second-order valence-corrected chi connectivity index (χ2v) is 7.06. The molecule has 1 amide bonds. The van der Waals surface area contributed by atoms with Crippen LogP contribution in [0.1, 0.15) is 63.3 Å². The van der Waals surface area contributed by atoms with E-state index in [9.17, 15) is 9.59 Å². The van der Waals surface area contributed by atoms with Gasteiger partial charge in [-0.05, 0) is 46.6 Å². The molecule has 1 aliphatic rings. The summed E-state index contributed by atoms with van der Waals surface area (Å²) >= 11 is 0. The Hall–Kier alpha value is -2.18. The highest BCUT2D eigenvalue weighted by atomic mass is 16.6. The maximum Gasteiger partial charge on any atom is 0.410 e. The average Bonchev–Trinajstić information content (AvgIpc) is 2.92. The predicted octanol–water partition coefficient (Wildman–Crippen LogP) is 2.87. The summed E-state index contributed by atoms with van der Waals surface area (Å²) in [4.78, 5) is 33.6. The Balaban J connectivity index is 2.19. The van der Waals surface area contributed by atoms with Crippen LogP contribution >= 0.6 is 0 Å². The second kappa shape index (κ2) is 7.15. The molecule has 0 unspecified atom stereocenters. The number of carboxylic acids is 1. The van der Waals surface area contributed by atoms with Gasteiger partial charge >= 0.3 is 12.1 Å². The molecule has 0 aromatic carbocycles. The number of hydrogen-bond acceptors (Lipinski definition) is 5. The third-order valence-corrected chi connectivity index (χ3v) is 3.73. The third kappa shape index (κ3) is 4.91. The summed E-state index contributed by atoms with van der Waals surface area (Å²) in [5, 5.41) is 8.84. The topological polar surface area (TPSA) is 92.6 Å². The SMILES string of the molecule is Cc1nc(CCC(=O)O)cc([C@H]2CCCN2C(=O)OC(C)(C)C)n1. The molecule has 0 bridgehead atoms. The number of aryl methyl sites for hydroxylation is 2. The van der Waals surface area contributed by atoms with Gasteiger partial charge in [0.05, 0.1) is 18.2 Å². The zero-order valence-electron chi connectivity index (χ0n) is 14.7. The van der Waals surface area contributed by atoms with Crippen LogP contribution in [0.2, 0.25) is 0 Å². The normalized spacial score (nSPS) is 17.8. The quantitative estimate of drug-likeness (QED) is 0.909. The molecule has 132 valence electrons. The summed E-state index contributed by atoms with van der Waals surface area (Å²) in [7, 11) is 0. The molecule has 1 fully saturated rings. The monoisotopic (exact) mass is 335 g/mol. The first-order valence-corrected chi connectivity index (χ1v) is 8.21. The van der Waals surface area contributed by atoms with Gasteiger partial charge in [0.1, 0.15) is 11.4 Å². The van der Waals surface area contributed by atoms with E-state index < -0.39 is 11.6 Å². The number of carbonyl (C=O) groups excluding carboxylic acids is 1. The standard InChI is InChI=1S/C17H25N3O4/c1-11-18-12(7-8-15(21)22)10-13(19-11)14-6-5-9-20(14)16(23)24-17(2,3)4/h10,14H,5-9H2,1-4H3,(H,21,22)/t14-/m1/s1. The summed E-state index contributed by atoms with van der Waals surface area (Å²) in [5.41, 5.74) is 0.903. The minimum absolute atomic E-state index is 0.0241. The van der Waals surface area contributed by atoms with Crippen molar-refractivity contribution in [1.29, 1.82) is 0 Å². The number of carbonyl (C=O) groups is 2. The molecule has 1 aromatic heterocycles. The van der Waals surface area contributed by atoms with E-state index in [0.717, 1.165) is 18.5 Å². The van der Waals surface area contributed by atoms with Crippen LogP contribution in [0.25, 0.3) is 0 Å². The van der Waals surface area contributed by atoms with Crippen molar-refractivity contribution >= 4 is 12.1 Å². The van der Waals surface area contributed by atoms with Crippen molar-refractivity contribution in [1.82, 2.24) is 14.9 Å². The van der Waals surface area contributed by atoms with E-state index in [1.54, 1.807) is 11.8 Å². The van der Waals surface area contributed by atoms with Crippen LogP contribution in [0.5, 0.6) is 0 Å². The average molecular weight is 335 g/mol. The summed E-state index contributed by atoms with van der Waals surface area (Å²) in [6, 6.07) is 1.66. The molecular weight excluding hydrogens is 310 g/mol. The molecule has 1 atom stereocenters. The number of amides is 1. The molecule has 1 aromatic rings. The molecule has 1 saturated heterocycles. The fourth-order valence-electron chi connectivity index (χ4n) is 2.80. The Bertz CT molecular complexity index is 625. The van der Waals surface area contributed by atoms with Gasteiger partial charge in [0.15, 0.2) is 0 Å². The number of hydrogen-bond donors (Lipinski definition) is 1. The minimum Gasteiger partial charge on any atom is -0.481 e. The van der Waals surface area contributed by atoms with Crippen LogP contribution in [0.15, 0.2) is 6.07 Å². The number of aromatic nitrogens is 2. The second-order valence-electron chi connectivity index (χ2n) is 7.06. The van der Waals surface area contributed by atoms with Crippen LogP contribution in [-0.2, 0) is 16.0 Å². The molecule has 0 aliphatic carbocycles. The Kier molecular flexibility index (Phi) is 5.41. The van der Waals surface area contributed by atoms with Crippen LogP contribution in [-0.4, -0.2) is 44.2 Å². The molecule has 1 aliphatic heterocycles. The lowest BCUT2D eigenvalue weighted by Gasteiger charge is -2.28. The number of nitrogens with zero attached hydrogens (tertiary/aromatic N) is 3. The highest BCUT2D eigenvalue weighted by molar-refractivity contribution is 5.69. The van der Waals surface area contributed by atoms with Crippen LogP contribution in [0, 0.1) is 6.92 Å². The maximum atomic E-state index is 12.4. The summed E-state index contributed by atoms with van der Waals surface area (Å²) in [5.74, 6) is -0.270. The van der Waals surface area contributed by atoms with Crippen molar-refractivity contribution in [2.75, 3.05) is 6.54 Å². The van der Waals surface area contributed by atoms with Gasteiger partial charge in [-0.3, -0.25) is 9.69 Å². The van der Waals surface area contributed by atoms with E-state index in [0.29, 0.717) is 24.5 Å². The maximum absolute atomic E-state index is 12.4. The fourth-order valence-corrected chi connectivity index (χ4v) is 2.80. The van der Waals surface area contributed by atoms with Crippen molar-refractivity contribution in [3.05, 3.63) is 23.3 Å². The zero-order chi connectivity index (χ0) is 17.9. The first kappa shape index (κ1) is 18.2. The van der Waals surface area contributed by atoms with E-state index in [1.807, 2.05) is 26.8 Å². The Morgan fingerprint density at radius 2 is 2.08 bits per heavy atom. The first-order valence-electron chi connectivity index (χ1n) is 8.21. The lowest BCUT2D eigenvalue weighted by atomic mass is 10.1. The van der Waals surface area contributed by atoms with Crippen molar-refractivity contribution in [3.8, 4) is 0 Å². The molecule has 2 rings (SSSR count). The number of aliphatic carboxylic acids is 1. The van der Waals surface area contributed by atoms with E-state index >= 15 is 0 Å². The van der Waals surface area contributed by atoms with Crippen molar-refractivity contribution < 1.29 is 19.4 Å². The molecule has 1 N–H and O–H groups in total. The number of ether oxygens (including phenoxy) is 1. The summed E-state index contributed by atoms with van der Waals surface area (Å²) in [6.07, 6.45) is 1.74. The van der Waals surface area contributed by atoms with Gasteiger partial charge in [0.25, 0.3) is 0 Å². The highest BCUT2D eigenvalue weighted by Crippen LogP contribution is 2.32. The van der Waals surface area contributed by atoms with Gasteiger partial charge in [-0.15, -0.1) is 0 Å². The van der Waals surface area contributed by atoms with E-state index in [1.165, 1.54) is 0 Å². The molecule has 0 saturated carbocycles. The smallest absolute Gasteiger partial charge is 0.410 e. The van der Waals surface area contributed by atoms with Gasteiger partial charge in [0, 0.05) is 18.7 Å². The van der Waals surface area contributed by atoms with Gasteiger partial charge in [0.2, 0.25) is 0 Å². The summed E-state index contributed by atoms with van der Waals surface area (Å²) < 4.78 is 5.48. The van der Waals surface area contributed by atoms with Crippen LogP contribution < -0.4 is 0 Å². The van der Waals surface area contributed by atoms with E-state index in [2.05, 4.69) is 9.97 Å². The molecule has 0 radical (unpaired) electrons. The van der Waals surface area contributed by atoms with Crippen LogP contribution in [0.4, 0.5) is 4.79 Å². The first-order chi connectivity index (χ1) is 11.2. The number of carboxylic acid groups (broad SMARTS) is 1. The van der Waals surface area contributed by atoms with Crippen molar-refractivity contribution in [2.24, 2.45) is 0 Å². The Morgan fingerprint density at radius 3 is 2.71 bits per heavy atom. The van der Waals surface area contributed by atoms with Gasteiger partial charge in [-0.25, -0.2) is 14.8 Å². The zero-order valence-corrected chi connectivity index (χ0v) is 14.7. The summed E-state index contributed by atoms with van der Waals surface area (Å²) in [6.45, 7) is 7.94. The van der Waals surface area contributed by atoms with Gasteiger partial charge in [-0.1, -0.05) is 0 Å².